The third-order valence-corrected chi connectivity index (χ3v) is 5.98. The van der Waals surface area contributed by atoms with E-state index in [9.17, 15) is 0 Å². The van der Waals surface area contributed by atoms with Crippen LogP contribution in [-0.2, 0) is 9.47 Å². The minimum atomic E-state index is -0.301. The lowest BCUT2D eigenvalue weighted by molar-refractivity contribution is -0.273. The quantitative estimate of drug-likeness (QED) is 0.646. The zero-order valence-corrected chi connectivity index (χ0v) is 18.1. The second-order valence-electron chi connectivity index (χ2n) is 7.35. The SMILES string of the molecule is CC.CCC1C=CC=CC1C.CCOC1(OC)CCNC2CCCCC21. The highest BCUT2D eigenvalue weighted by Gasteiger charge is 2.47. The minimum Gasteiger partial charge on any atom is -0.353 e. The molecular weight excluding hydrogens is 322 g/mol. The van der Waals surface area contributed by atoms with Gasteiger partial charge in [0.1, 0.15) is 0 Å². The Bertz CT molecular complexity index is 414. The second kappa shape index (κ2) is 12.7. The van der Waals surface area contributed by atoms with Gasteiger partial charge in [-0.1, -0.05) is 64.8 Å². The highest BCUT2D eigenvalue weighted by atomic mass is 16.7. The van der Waals surface area contributed by atoms with Crippen LogP contribution in [0.5, 0.6) is 0 Å². The van der Waals surface area contributed by atoms with Crippen LogP contribution in [0, 0.1) is 17.8 Å². The number of hydrogen-bond acceptors (Lipinski definition) is 3. The van der Waals surface area contributed by atoms with Crippen molar-refractivity contribution in [3.63, 3.8) is 0 Å². The Balaban J connectivity index is 0.000000263. The van der Waals surface area contributed by atoms with Crippen molar-refractivity contribution in [1.29, 1.82) is 0 Å². The van der Waals surface area contributed by atoms with Crippen molar-refractivity contribution in [2.45, 2.75) is 85.0 Å². The molecule has 26 heavy (non-hydrogen) atoms. The van der Waals surface area contributed by atoms with Gasteiger partial charge in [-0.05, 0) is 38.0 Å². The fourth-order valence-electron chi connectivity index (χ4n) is 4.53. The van der Waals surface area contributed by atoms with Crippen LogP contribution in [0.4, 0.5) is 0 Å². The van der Waals surface area contributed by atoms with Crippen molar-refractivity contribution in [2.24, 2.45) is 17.8 Å². The van der Waals surface area contributed by atoms with Gasteiger partial charge in [0.25, 0.3) is 0 Å². The van der Waals surface area contributed by atoms with Gasteiger partial charge < -0.3 is 14.8 Å². The van der Waals surface area contributed by atoms with E-state index >= 15 is 0 Å². The number of ether oxygens (including phenoxy) is 2. The normalized spacial score (nSPS) is 35.5. The molecule has 0 aromatic rings. The minimum absolute atomic E-state index is 0.301. The van der Waals surface area contributed by atoms with E-state index in [0.29, 0.717) is 12.0 Å². The summed E-state index contributed by atoms with van der Waals surface area (Å²) in [6, 6.07) is 0.610. The fourth-order valence-corrected chi connectivity index (χ4v) is 4.53. The molecule has 1 saturated heterocycles. The largest absolute Gasteiger partial charge is 0.353 e. The third kappa shape index (κ3) is 6.21. The molecule has 1 saturated carbocycles. The standard InChI is InChI=1S/C12H23NO2.C9H14.C2H6/c1-3-15-12(14-2)8-9-13-11-7-5-4-6-10(11)12;1-3-9-7-5-4-6-8(9)2;1-2/h10-11,13H,3-9H2,1-2H3;4-9H,3H2,1-2H3;1-2H3. The van der Waals surface area contributed by atoms with Crippen molar-refractivity contribution in [3.8, 4) is 0 Å². The Hall–Kier alpha value is -0.640. The van der Waals surface area contributed by atoms with Gasteiger partial charge in [-0.25, -0.2) is 0 Å². The van der Waals surface area contributed by atoms with Gasteiger partial charge in [-0.15, -0.1) is 0 Å². The van der Waals surface area contributed by atoms with Crippen molar-refractivity contribution < 1.29 is 9.47 Å². The molecule has 5 atom stereocenters. The highest BCUT2D eigenvalue weighted by molar-refractivity contribution is 5.13. The molecule has 2 fully saturated rings. The van der Waals surface area contributed by atoms with Crippen LogP contribution >= 0.6 is 0 Å². The fraction of sp³-hybridized carbons (Fsp3) is 0.826. The Labute approximate surface area is 162 Å². The summed E-state index contributed by atoms with van der Waals surface area (Å²) in [6.07, 6.45) is 16.3. The number of fused-ring (bicyclic) bond motifs is 1. The van der Waals surface area contributed by atoms with Gasteiger partial charge in [0, 0.05) is 38.6 Å². The van der Waals surface area contributed by atoms with Crippen LogP contribution in [0.25, 0.3) is 0 Å². The summed E-state index contributed by atoms with van der Waals surface area (Å²) >= 11 is 0. The number of allylic oxidation sites excluding steroid dienone is 4. The summed E-state index contributed by atoms with van der Waals surface area (Å²) in [4.78, 5) is 0. The molecule has 152 valence electrons. The van der Waals surface area contributed by atoms with Crippen molar-refractivity contribution in [3.05, 3.63) is 24.3 Å². The maximum Gasteiger partial charge on any atom is 0.173 e. The Morgan fingerprint density at radius 2 is 1.77 bits per heavy atom. The van der Waals surface area contributed by atoms with Crippen molar-refractivity contribution in [1.82, 2.24) is 5.32 Å². The first-order valence-electron chi connectivity index (χ1n) is 10.9. The van der Waals surface area contributed by atoms with Crippen LogP contribution in [0.15, 0.2) is 24.3 Å². The van der Waals surface area contributed by atoms with Crippen LogP contribution in [0.1, 0.15) is 73.1 Å². The lowest BCUT2D eigenvalue weighted by atomic mass is 9.75. The number of hydrogen-bond donors (Lipinski definition) is 1. The van der Waals surface area contributed by atoms with Gasteiger partial charge >= 0.3 is 0 Å². The van der Waals surface area contributed by atoms with Gasteiger partial charge in [-0.3, -0.25) is 0 Å². The molecule has 0 aromatic heterocycles. The number of methoxy groups -OCH3 is 1. The molecule has 5 unspecified atom stereocenters. The molecular formula is C23H43NO2. The molecule has 0 amide bonds. The van der Waals surface area contributed by atoms with E-state index in [-0.39, 0.29) is 5.79 Å². The highest BCUT2D eigenvalue weighted by Crippen LogP contribution is 2.40. The van der Waals surface area contributed by atoms with Gasteiger partial charge in [-0.2, -0.15) is 0 Å². The van der Waals surface area contributed by atoms with Crippen LogP contribution in [-0.4, -0.2) is 32.1 Å². The molecule has 1 aliphatic heterocycles. The topological polar surface area (TPSA) is 30.5 Å². The summed E-state index contributed by atoms with van der Waals surface area (Å²) < 4.78 is 11.7. The molecule has 3 aliphatic rings. The zero-order valence-electron chi connectivity index (χ0n) is 18.1. The van der Waals surface area contributed by atoms with Crippen LogP contribution < -0.4 is 5.32 Å². The molecule has 0 spiro atoms. The molecule has 0 aromatic carbocycles. The molecule has 1 heterocycles. The molecule has 2 aliphatic carbocycles. The zero-order chi connectivity index (χ0) is 19.4. The summed E-state index contributed by atoms with van der Waals surface area (Å²) in [6.45, 7) is 12.3. The van der Waals surface area contributed by atoms with E-state index in [2.05, 4.69) is 50.4 Å². The smallest absolute Gasteiger partial charge is 0.173 e. The first-order chi connectivity index (χ1) is 12.7. The molecule has 3 nitrogen and oxygen atoms in total. The molecule has 0 radical (unpaired) electrons. The molecule has 0 bridgehead atoms. The van der Waals surface area contributed by atoms with Gasteiger partial charge in [0.2, 0.25) is 0 Å². The number of nitrogens with one attached hydrogen (secondary N) is 1. The Kier molecular flexibility index (Phi) is 11.4. The van der Waals surface area contributed by atoms with Crippen LogP contribution in [0.3, 0.4) is 0 Å². The maximum atomic E-state index is 5.93. The van der Waals surface area contributed by atoms with E-state index in [0.717, 1.165) is 31.4 Å². The lowest BCUT2D eigenvalue weighted by Crippen LogP contribution is -2.59. The predicted octanol–water partition coefficient (Wildman–Crippen LogP) is 5.72. The van der Waals surface area contributed by atoms with Gasteiger partial charge in [0.05, 0.1) is 0 Å². The second-order valence-corrected chi connectivity index (χ2v) is 7.35. The van der Waals surface area contributed by atoms with E-state index in [4.69, 9.17) is 9.47 Å². The monoisotopic (exact) mass is 365 g/mol. The summed E-state index contributed by atoms with van der Waals surface area (Å²) in [5, 5.41) is 3.61. The summed E-state index contributed by atoms with van der Waals surface area (Å²) in [7, 11) is 1.80. The first-order valence-corrected chi connectivity index (χ1v) is 10.9. The average Bonchev–Trinajstić information content (AvgIpc) is 2.71. The lowest BCUT2D eigenvalue weighted by Gasteiger charge is -2.49. The van der Waals surface area contributed by atoms with Crippen molar-refractivity contribution in [2.75, 3.05) is 20.3 Å². The van der Waals surface area contributed by atoms with Crippen molar-refractivity contribution >= 4 is 0 Å². The number of rotatable bonds is 4. The number of piperidine rings is 1. The Morgan fingerprint density at radius 1 is 1.08 bits per heavy atom. The first kappa shape index (κ1) is 23.4. The summed E-state index contributed by atoms with van der Waals surface area (Å²) in [5.74, 6) is 1.78. The molecule has 1 N–H and O–H groups in total. The molecule has 3 rings (SSSR count). The average molecular weight is 366 g/mol. The Morgan fingerprint density at radius 3 is 2.35 bits per heavy atom. The van der Waals surface area contributed by atoms with E-state index in [1.807, 2.05) is 13.8 Å². The maximum absolute atomic E-state index is 5.93. The third-order valence-electron chi connectivity index (χ3n) is 5.98. The van der Waals surface area contributed by atoms with Crippen LogP contribution in [0.2, 0.25) is 0 Å². The summed E-state index contributed by atoms with van der Waals surface area (Å²) in [5.41, 5.74) is 0. The van der Waals surface area contributed by atoms with E-state index < -0.39 is 0 Å². The predicted molar refractivity (Wildman–Crippen MR) is 112 cm³/mol. The van der Waals surface area contributed by atoms with E-state index in [1.165, 1.54) is 32.1 Å². The van der Waals surface area contributed by atoms with E-state index in [1.54, 1.807) is 7.11 Å². The molecule has 3 heteroatoms. The van der Waals surface area contributed by atoms with Gasteiger partial charge in [0.15, 0.2) is 5.79 Å².